The zero-order valence-electron chi connectivity index (χ0n) is 13.2. The molecule has 3 heteroatoms. The van der Waals surface area contributed by atoms with Gasteiger partial charge in [0.1, 0.15) is 0 Å². The van der Waals surface area contributed by atoms with E-state index in [9.17, 15) is 0 Å². The van der Waals surface area contributed by atoms with Crippen LogP contribution in [0.2, 0.25) is 0 Å². The summed E-state index contributed by atoms with van der Waals surface area (Å²) in [5, 5.41) is 0. The molecule has 1 heterocycles. The Hall–Kier alpha value is -0.829. The Balaban J connectivity index is 0.000000324. The third-order valence-electron chi connectivity index (χ3n) is 3.91. The van der Waals surface area contributed by atoms with Gasteiger partial charge in [0, 0.05) is 56.3 Å². The van der Waals surface area contributed by atoms with Crippen molar-refractivity contribution in [1.29, 1.82) is 0 Å². The van der Waals surface area contributed by atoms with Crippen molar-refractivity contribution >= 4 is 15.9 Å². The number of hydrogen-bond acceptors (Lipinski definition) is 1. The summed E-state index contributed by atoms with van der Waals surface area (Å²) in [6.45, 7) is 7.94. The van der Waals surface area contributed by atoms with Gasteiger partial charge in [-0.15, -0.1) is 0 Å². The topological polar surface area (TPSA) is 3.24 Å². The van der Waals surface area contributed by atoms with Crippen LogP contribution in [0.5, 0.6) is 0 Å². The Morgan fingerprint density at radius 2 is 1.90 bits per heavy atom. The van der Waals surface area contributed by atoms with Crippen molar-refractivity contribution in [2.45, 2.75) is 25.3 Å². The molecule has 0 N–H and O–H groups in total. The molecule has 0 spiro atoms. The number of nitrogens with zero attached hydrogens (tertiary/aromatic N) is 1. The summed E-state index contributed by atoms with van der Waals surface area (Å²) in [7, 11) is 1.24. The van der Waals surface area contributed by atoms with Crippen LogP contribution in [0.3, 0.4) is 0 Å². The Morgan fingerprint density at radius 1 is 1.24 bits per heavy atom. The summed E-state index contributed by atoms with van der Waals surface area (Å²) in [6, 6.07) is 8.93. The van der Waals surface area contributed by atoms with Crippen molar-refractivity contribution in [3.8, 4) is 0 Å². The first-order valence-corrected chi connectivity index (χ1v) is 8.73. The normalized spacial score (nSPS) is 19.6. The Kier molecular flexibility index (Phi) is 8.02. The minimum Gasteiger partial charge on any atom is -0.371 e. The van der Waals surface area contributed by atoms with Crippen molar-refractivity contribution in [2.24, 2.45) is 0 Å². The average Bonchev–Trinajstić information content (AvgIpc) is 3.09. The van der Waals surface area contributed by atoms with Crippen molar-refractivity contribution in [1.82, 2.24) is 4.90 Å². The molecule has 0 saturated carbocycles. The third kappa shape index (κ3) is 4.57. The van der Waals surface area contributed by atoms with E-state index in [-0.39, 0.29) is 21.7 Å². The second-order valence-electron chi connectivity index (χ2n) is 5.38. The van der Waals surface area contributed by atoms with Crippen LogP contribution in [-0.2, 0) is 21.7 Å². The smallest absolute Gasteiger partial charge is 0.0405 e. The van der Waals surface area contributed by atoms with E-state index in [0.717, 1.165) is 5.54 Å². The fraction of sp³-hybridized carbons (Fsp3) is 0.333. The number of rotatable bonds is 2. The zero-order valence-corrected chi connectivity index (χ0v) is 16.7. The summed E-state index contributed by atoms with van der Waals surface area (Å²) < 4.78 is 0. The molecule has 1 aromatic carbocycles. The predicted molar refractivity (Wildman–Crippen MR) is 92.9 cm³/mol. The zero-order chi connectivity index (χ0) is 14.4. The van der Waals surface area contributed by atoms with Gasteiger partial charge in [0.2, 0.25) is 0 Å². The van der Waals surface area contributed by atoms with Gasteiger partial charge in [0.25, 0.3) is 0 Å². The molecule has 1 atom stereocenters. The second-order valence-corrected chi connectivity index (χ2v) is 6.63. The van der Waals surface area contributed by atoms with Gasteiger partial charge >= 0.3 is 0 Å². The van der Waals surface area contributed by atoms with Gasteiger partial charge in [-0.1, -0.05) is 55.1 Å². The van der Waals surface area contributed by atoms with Gasteiger partial charge in [0.15, 0.2) is 0 Å². The molecule has 110 valence electrons. The van der Waals surface area contributed by atoms with Crippen LogP contribution < -0.4 is 0 Å². The molecule has 3 rings (SSSR count). The minimum absolute atomic E-state index is 0. The molecule has 21 heavy (non-hydrogen) atoms. The maximum Gasteiger partial charge on any atom is 0.0405 e. The molecule has 1 saturated heterocycles. The molecule has 1 aliphatic heterocycles. The molecule has 1 unspecified atom stereocenters. The van der Waals surface area contributed by atoms with Gasteiger partial charge in [-0.25, -0.2) is 0 Å². The van der Waals surface area contributed by atoms with Crippen LogP contribution in [0, 0.1) is 0 Å². The molecule has 2 aliphatic rings. The number of benzene rings is 1. The molecular formula is C18H25NSiTi. The SMILES string of the molecule is C=CC=CC.[SiH3]C1C=C(N2CCCC2)c2ccccc21.[Ti]. The minimum atomic E-state index is 0. The summed E-state index contributed by atoms with van der Waals surface area (Å²) in [4.78, 5) is 2.57. The summed E-state index contributed by atoms with van der Waals surface area (Å²) in [5.41, 5.74) is 5.31. The van der Waals surface area contributed by atoms with Gasteiger partial charge in [-0.2, -0.15) is 0 Å². The molecule has 1 nitrogen and oxygen atoms in total. The quantitative estimate of drug-likeness (QED) is 0.594. The molecule has 0 amide bonds. The van der Waals surface area contributed by atoms with Crippen molar-refractivity contribution in [3.05, 3.63) is 66.3 Å². The fourth-order valence-corrected chi connectivity index (χ4v) is 3.73. The number of fused-ring (bicyclic) bond motifs is 1. The Bertz CT molecular complexity index is 516. The maximum absolute atomic E-state index is 3.46. The van der Waals surface area contributed by atoms with E-state index in [1.165, 1.54) is 47.4 Å². The van der Waals surface area contributed by atoms with E-state index in [2.05, 4.69) is 41.8 Å². The predicted octanol–water partition coefficient (Wildman–Crippen LogP) is 3.29. The second kappa shape index (κ2) is 9.24. The largest absolute Gasteiger partial charge is 0.371 e. The first-order valence-electron chi connectivity index (χ1n) is 7.57. The Labute approximate surface area is 147 Å². The van der Waals surface area contributed by atoms with Crippen molar-refractivity contribution < 1.29 is 21.7 Å². The van der Waals surface area contributed by atoms with Gasteiger partial charge in [-0.05, 0) is 30.9 Å². The van der Waals surface area contributed by atoms with Crippen LogP contribution in [0.25, 0.3) is 5.70 Å². The van der Waals surface area contributed by atoms with E-state index in [1.54, 1.807) is 11.6 Å². The summed E-state index contributed by atoms with van der Waals surface area (Å²) >= 11 is 0. The van der Waals surface area contributed by atoms with Crippen molar-refractivity contribution in [3.63, 3.8) is 0 Å². The maximum atomic E-state index is 3.46. The molecular weight excluding hydrogens is 306 g/mol. The number of allylic oxidation sites excluding steroid dienone is 4. The first kappa shape index (κ1) is 18.2. The standard InChI is InChI=1S/C13H17NSi.C5H8.Ti/c15-13-9-12(14-7-3-4-8-14)10-5-1-2-6-11(10)13;1-3-5-4-2;/h1-2,5-6,9,13H,3-4,7-8H2,15H3;3-5H,1H2,2H3;. The first-order chi connectivity index (χ1) is 9.77. The van der Waals surface area contributed by atoms with Crippen molar-refractivity contribution in [2.75, 3.05) is 13.1 Å². The van der Waals surface area contributed by atoms with E-state index in [1.807, 2.05) is 19.1 Å². The van der Waals surface area contributed by atoms with E-state index in [0.29, 0.717) is 0 Å². The van der Waals surface area contributed by atoms with Crippen LogP contribution in [0.1, 0.15) is 36.4 Å². The monoisotopic (exact) mass is 331 g/mol. The molecule has 1 fully saturated rings. The van der Waals surface area contributed by atoms with Crippen LogP contribution in [-0.4, -0.2) is 28.2 Å². The Morgan fingerprint density at radius 3 is 2.48 bits per heavy atom. The molecule has 0 aromatic heterocycles. The molecule has 0 radical (unpaired) electrons. The number of likely N-dealkylation sites (tertiary alicyclic amines) is 1. The molecule has 1 aliphatic carbocycles. The fourth-order valence-electron chi connectivity index (χ4n) is 2.91. The van der Waals surface area contributed by atoms with Crippen LogP contribution in [0.15, 0.2) is 55.1 Å². The average molecular weight is 331 g/mol. The summed E-state index contributed by atoms with van der Waals surface area (Å²) in [5.74, 6) is 0. The molecule has 1 aromatic rings. The van der Waals surface area contributed by atoms with E-state index >= 15 is 0 Å². The summed E-state index contributed by atoms with van der Waals surface area (Å²) in [6.07, 6.45) is 10.8. The van der Waals surface area contributed by atoms with E-state index < -0.39 is 0 Å². The third-order valence-corrected chi connectivity index (χ3v) is 4.87. The van der Waals surface area contributed by atoms with Crippen LogP contribution in [0.4, 0.5) is 0 Å². The van der Waals surface area contributed by atoms with E-state index in [4.69, 9.17) is 0 Å². The number of hydrogen-bond donors (Lipinski definition) is 0. The van der Waals surface area contributed by atoms with Crippen LogP contribution >= 0.6 is 0 Å². The van der Waals surface area contributed by atoms with Gasteiger partial charge in [0.05, 0.1) is 0 Å². The molecule has 0 bridgehead atoms. The van der Waals surface area contributed by atoms with Gasteiger partial charge in [-0.3, -0.25) is 0 Å². The van der Waals surface area contributed by atoms with Gasteiger partial charge < -0.3 is 4.90 Å².